The van der Waals surface area contributed by atoms with Crippen LogP contribution in [-0.4, -0.2) is 26.1 Å². The van der Waals surface area contributed by atoms with Crippen LogP contribution in [0.15, 0.2) is 30.5 Å². The summed E-state index contributed by atoms with van der Waals surface area (Å²) in [7, 11) is 6.21. The van der Waals surface area contributed by atoms with Crippen LogP contribution < -0.4 is 4.48 Å². The van der Waals surface area contributed by atoms with Crippen molar-refractivity contribution in [2.45, 2.75) is 0 Å². The summed E-state index contributed by atoms with van der Waals surface area (Å²) in [5.41, 5.74) is 2.00. The van der Waals surface area contributed by atoms with E-state index in [0.717, 1.165) is 21.9 Å². The second-order valence-electron chi connectivity index (χ2n) is 4.21. The number of nitro groups is 1. The van der Waals surface area contributed by atoms with Gasteiger partial charge in [-0.2, -0.15) is 0 Å². The molecule has 4 heteroatoms. The first-order chi connectivity index (χ1) is 6.89. The van der Waals surface area contributed by atoms with E-state index in [1.807, 2.05) is 24.3 Å². The van der Waals surface area contributed by atoms with Crippen molar-refractivity contribution in [2.75, 3.05) is 21.1 Å². The van der Waals surface area contributed by atoms with Crippen LogP contribution in [0.5, 0.6) is 0 Å². The van der Waals surface area contributed by atoms with E-state index < -0.39 is 4.92 Å². The van der Waals surface area contributed by atoms with Crippen molar-refractivity contribution in [3.05, 3.63) is 46.1 Å². The van der Waals surface area contributed by atoms with Gasteiger partial charge >= 0.3 is 0 Å². The van der Waals surface area contributed by atoms with Crippen molar-refractivity contribution in [1.29, 1.82) is 0 Å². The molecule has 0 aromatic heterocycles. The lowest BCUT2D eigenvalue weighted by Gasteiger charge is -2.23. The van der Waals surface area contributed by atoms with Crippen molar-refractivity contribution >= 4 is 11.8 Å². The van der Waals surface area contributed by atoms with Crippen molar-refractivity contribution in [1.82, 2.24) is 4.48 Å². The molecule has 80 valence electrons. The Morgan fingerprint density at radius 1 is 1.20 bits per heavy atom. The lowest BCUT2D eigenvalue weighted by Crippen LogP contribution is -2.34. The first-order valence-corrected chi connectivity index (χ1v) is 4.63. The minimum atomic E-state index is -0.465. The molecule has 0 aliphatic carbocycles. The van der Waals surface area contributed by atoms with Gasteiger partial charge in [0.2, 0.25) is 6.20 Å². The highest BCUT2D eigenvalue weighted by Gasteiger charge is 2.10. The largest absolute Gasteiger partial charge is 0.298 e. The molecule has 0 heterocycles. The summed E-state index contributed by atoms with van der Waals surface area (Å²) in [5.74, 6) is 0. The van der Waals surface area contributed by atoms with Crippen LogP contribution in [0.3, 0.4) is 0 Å². The number of benzene rings is 1. The number of hydrogen-bond donors (Lipinski definition) is 0. The molecule has 0 unspecified atom stereocenters. The maximum atomic E-state index is 10.1. The Kier molecular flexibility index (Phi) is 3.21. The summed E-state index contributed by atoms with van der Waals surface area (Å²) in [6, 6.07) is 7.69. The summed E-state index contributed by atoms with van der Waals surface area (Å²) in [6.45, 7) is 0. The highest BCUT2D eigenvalue weighted by molar-refractivity contribution is 5.53. The van der Waals surface area contributed by atoms with Crippen LogP contribution in [0.1, 0.15) is 5.56 Å². The second kappa shape index (κ2) is 4.23. The van der Waals surface area contributed by atoms with Crippen LogP contribution in [-0.2, 0) is 0 Å². The normalized spacial score (nSPS) is 11.9. The van der Waals surface area contributed by atoms with E-state index in [1.165, 1.54) is 6.08 Å². The third kappa shape index (κ3) is 3.52. The molecule has 1 rings (SSSR count). The topological polar surface area (TPSA) is 43.1 Å². The van der Waals surface area contributed by atoms with Crippen molar-refractivity contribution in [2.24, 2.45) is 0 Å². The van der Waals surface area contributed by atoms with Gasteiger partial charge in [0.05, 0.1) is 26.1 Å². The Hall–Kier alpha value is -1.68. The summed E-state index contributed by atoms with van der Waals surface area (Å²) in [6.07, 6.45) is 2.43. The van der Waals surface area contributed by atoms with E-state index in [0.29, 0.717) is 0 Å². The van der Waals surface area contributed by atoms with E-state index in [1.54, 1.807) is 0 Å². The Morgan fingerprint density at radius 2 is 1.73 bits per heavy atom. The number of rotatable bonds is 3. The van der Waals surface area contributed by atoms with Gasteiger partial charge in [-0.1, -0.05) is 0 Å². The van der Waals surface area contributed by atoms with E-state index in [9.17, 15) is 10.1 Å². The molecule has 0 saturated heterocycles. The van der Waals surface area contributed by atoms with Crippen LogP contribution in [0.4, 0.5) is 5.69 Å². The quantitative estimate of drug-likeness (QED) is 0.433. The van der Waals surface area contributed by atoms with Gasteiger partial charge in [0, 0.05) is 6.08 Å². The van der Waals surface area contributed by atoms with Crippen LogP contribution in [0.2, 0.25) is 0 Å². The molecule has 0 saturated carbocycles. The van der Waals surface area contributed by atoms with Crippen molar-refractivity contribution in [3.63, 3.8) is 0 Å². The Morgan fingerprint density at radius 3 is 2.13 bits per heavy atom. The Balaban J connectivity index is 2.86. The van der Waals surface area contributed by atoms with Gasteiger partial charge in [-0.05, 0) is 29.8 Å². The Labute approximate surface area is 89.2 Å². The summed E-state index contributed by atoms with van der Waals surface area (Å²) >= 11 is 0. The van der Waals surface area contributed by atoms with Gasteiger partial charge in [0.25, 0.3) is 0 Å². The molecule has 1 aromatic carbocycles. The monoisotopic (exact) mass is 207 g/mol. The van der Waals surface area contributed by atoms with Gasteiger partial charge in [0.1, 0.15) is 5.69 Å². The molecule has 0 radical (unpaired) electrons. The fourth-order valence-corrected chi connectivity index (χ4v) is 1.18. The third-order valence-electron chi connectivity index (χ3n) is 2.06. The van der Waals surface area contributed by atoms with E-state index in [2.05, 4.69) is 21.1 Å². The van der Waals surface area contributed by atoms with Gasteiger partial charge in [-0.3, -0.25) is 14.6 Å². The molecule has 4 nitrogen and oxygen atoms in total. The maximum absolute atomic E-state index is 10.1. The minimum Gasteiger partial charge on any atom is -0.298 e. The van der Waals surface area contributed by atoms with Crippen LogP contribution >= 0.6 is 0 Å². The lowest BCUT2D eigenvalue weighted by molar-refractivity contribution is -0.400. The zero-order valence-corrected chi connectivity index (χ0v) is 9.18. The van der Waals surface area contributed by atoms with Crippen LogP contribution in [0, 0.1) is 10.1 Å². The molecule has 1 aromatic rings. The first-order valence-electron chi connectivity index (χ1n) is 4.63. The molecule has 15 heavy (non-hydrogen) atoms. The first kappa shape index (κ1) is 11.4. The summed E-state index contributed by atoms with van der Waals surface area (Å²) in [4.78, 5) is 9.65. The average molecular weight is 207 g/mol. The zero-order valence-electron chi connectivity index (χ0n) is 9.18. The van der Waals surface area contributed by atoms with E-state index >= 15 is 0 Å². The molecule has 0 spiro atoms. The fourth-order valence-electron chi connectivity index (χ4n) is 1.18. The highest BCUT2D eigenvalue weighted by Crippen LogP contribution is 2.17. The average Bonchev–Trinajstić information content (AvgIpc) is 2.14. The molecule has 0 amide bonds. The molecule has 0 bridgehead atoms. The van der Waals surface area contributed by atoms with E-state index in [-0.39, 0.29) is 0 Å². The molecular weight excluding hydrogens is 192 g/mol. The standard InChI is InChI=1S/C11H15N2O2/c1-13(2,3)11-6-4-10(5-7-11)8-9-12(14)15/h4-9H,1-3H3/q+1/b9-8-. The third-order valence-corrected chi connectivity index (χ3v) is 2.06. The Bertz CT molecular complexity index is 375. The smallest absolute Gasteiger partial charge is 0.235 e. The predicted molar refractivity (Wildman–Crippen MR) is 62.0 cm³/mol. The summed E-state index contributed by atoms with van der Waals surface area (Å²) < 4.78 is 0.735. The van der Waals surface area contributed by atoms with Crippen LogP contribution in [0.25, 0.3) is 6.08 Å². The second-order valence-corrected chi connectivity index (χ2v) is 4.21. The molecular formula is C11H15N2O2+. The SMILES string of the molecule is C[N+](C)(C)c1ccc(/C=C\[N+](=O)[O-])cc1. The maximum Gasteiger partial charge on any atom is 0.235 e. The van der Waals surface area contributed by atoms with Gasteiger partial charge in [0.15, 0.2) is 0 Å². The predicted octanol–water partition coefficient (Wildman–Crippen LogP) is 2.13. The number of nitrogens with zero attached hydrogens (tertiary/aromatic N) is 2. The molecule has 0 atom stereocenters. The fraction of sp³-hybridized carbons (Fsp3) is 0.273. The minimum absolute atomic E-state index is 0.465. The molecule has 0 aliphatic rings. The number of quaternary nitrogens is 1. The van der Waals surface area contributed by atoms with Crippen molar-refractivity contribution < 1.29 is 4.92 Å². The van der Waals surface area contributed by atoms with Crippen molar-refractivity contribution in [3.8, 4) is 0 Å². The molecule has 0 fully saturated rings. The lowest BCUT2D eigenvalue weighted by atomic mass is 10.2. The van der Waals surface area contributed by atoms with Gasteiger partial charge in [-0.15, -0.1) is 0 Å². The molecule has 0 N–H and O–H groups in total. The van der Waals surface area contributed by atoms with E-state index in [4.69, 9.17) is 0 Å². The highest BCUT2D eigenvalue weighted by atomic mass is 16.6. The zero-order chi connectivity index (χ0) is 11.5. The van der Waals surface area contributed by atoms with Gasteiger partial charge in [-0.25, -0.2) is 0 Å². The number of hydrogen-bond acceptors (Lipinski definition) is 2. The molecule has 0 aliphatic heterocycles. The van der Waals surface area contributed by atoms with Gasteiger partial charge < -0.3 is 0 Å². The summed E-state index contributed by atoms with van der Waals surface area (Å²) in [5, 5.41) is 10.1.